The minimum absolute atomic E-state index is 0.0415. The molecule has 4 heteroatoms. The van der Waals surface area contributed by atoms with Crippen LogP contribution in [0.5, 0.6) is 0 Å². The first-order valence-corrected chi connectivity index (χ1v) is 7.97. The highest BCUT2D eigenvalue weighted by Crippen LogP contribution is 2.09. The van der Waals surface area contributed by atoms with Crippen LogP contribution in [0.4, 0.5) is 0 Å². The SMILES string of the molecule is CCCCCCCC(=O)N[C@@H](CC(C)C)C(=O)OCC. The molecule has 0 aliphatic heterocycles. The summed E-state index contributed by atoms with van der Waals surface area (Å²) in [7, 11) is 0. The zero-order chi connectivity index (χ0) is 15.4. The summed E-state index contributed by atoms with van der Waals surface area (Å²) in [6, 6.07) is -0.502. The number of ether oxygens (including phenoxy) is 1. The molecule has 1 atom stereocenters. The van der Waals surface area contributed by atoms with Crippen molar-refractivity contribution < 1.29 is 14.3 Å². The molecule has 0 saturated heterocycles. The Balaban J connectivity index is 4.08. The van der Waals surface area contributed by atoms with E-state index < -0.39 is 6.04 Å². The van der Waals surface area contributed by atoms with E-state index in [1.165, 1.54) is 19.3 Å². The fraction of sp³-hybridized carbons (Fsp3) is 0.875. The van der Waals surface area contributed by atoms with Crippen LogP contribution in [0.2, 0.25) is 0 Å². The molecule has 0 radical (unpaired) electrons. The third-order valence-electron chi connectivity index (χ3n) is 3.12. The van der Waals surface area contributed by atoms with Crippen LogP contribution in [-0.2, 0) is 14.3 Å². The Kier molecular flexibility index (Phi) is 11.1. The molecule has 0 aliphatic rings. The normalized spacial score (nSPS) is 12.2. The summed E-state index contributed by atoms with van der Waals surface area (Å²) in [5.74, 6) is -0.0185. The van der Waals surface area contributed by atoms with Crippen LogP contribution in [-0.4, -0.2) is 24.5 Å². The van der Waals surface area contributed by atoms with Crippen LogP contribution in [0.25, 0.3) is 0 Å². The van der Waals surface area contributed by atoms with Crippen molar-refractivity contribution >= 4 is 11.9 Å². The molecular formula is C16H31NO3. The largest absolute Gasteiger partial charge is 0.464 e. The monoisotopic (exact) mass is 285 g/mol. The highest BCUT2D eigenvalue weighted by molar-refractivity contribution is 5.84. The van der Waals surface area contributed by atoms with Gasteiger partial charge in [0.2, 0.25) is 5.91 Å². The number of hydrogen-bond acceptors (Lipinski definition) is 3. The second-order valence-electron chi connectivity index (χ2n) is 5.67. The number of nitrogens with one attached hydrogen (secondary N) is 1. The molecule has 0 saturated carbocycles. The lowest BCUT2D eigenvalue weighted by Crippen LogP contribution is -2.42. The minimum atomic E-state index is -0.502. The van der Waals surface area contributed by atoms with Crippen molar-refractivity contribution in [1.29, 1.82) is 0 Å². The fourth-order valence-electron chi connectivity index (χ4n) is 2.08. The molecule has 4 nitrogen and oxygen atoms in total. The first-order chi connectivity index (χ1) is 9.51. The lowest BCUT2D eigenvalue weighted by molar-refractivity contribution is -0.147. The molecular weight excluding hydrogens is 254 g/mol. The van der Waals surface area contributed by atoms with Gasteiger partial charge < -0.3 is 10.1 Å². The molecule has 0 aromatic rings. The lowest BCUT2D eigenvalue weighted by atomic mass is 10.0. The molecule has 0 bridgehead atoms. The molecule has 0 rings (SSSR count). The summed E-state index contributed by atoms with van der Waals surface area (Å²) >= 11 is 0. The van der Waals surface area contributed by atoms with Gasteiger partial charge in [-0.05, 0) is 25.7 Å². The molecule has 20 heavy (non-hydrogen) atoms. The molecule has 0 fully saturated rings. The van der Waals surface area contributed by atoms with E-state index in [0.29, 0.717) is 25.4 Å². The molecule has 0 aliphatic carbocycles. The number of unbranched alkanes of at least 4 members (excludes halogenated alkanes) is 4. The highest BCUT2D eigenvalue weighted by atomic mass is 16.5. The Morgan fingerprint density at radius 1 is 1.05 bits per heavy atom. The lowest BCUT2D eigenvalue weighted by Gasteiger charge is -2.19. The van der Waals surface area contributed by atoms with E-state index in [2.05, 4.69) is 12.2 Å². The molecule has 0 aromatic carbocycles. The number of esters is 1. The predicted octanol–water partition coefficient (Wildman–Crippen LogP) is 3.44. The van der Waals surface area contributed by atoms with Gasteiger partial charge in [0.15, 0.2) is 0 Å². The number of rotatable bonds is 11. The maximum Gasteiger partial charge on any atom is 0.328 e. The zero-order valence-corrected chi connectivity index (χ0v) is 13.5. The van der Waals surface area contributed by atoms with Crippen LogP contribution in [0.3, 0.4) is 0 Å². The molecule has 0 unspecified atom stereocenters. The Bertz CT molecular complexity index is 277. The second kappa shape index (κ2) is 11.7. The molecule has 0 heterocycles. The third kappa shape index (κ3) is 9.82. The summed E-state index contributed by atoms with van der Waals surface area (Å²) in [4.78, 5) is 23.6. The van der Waals surface area contributed by atoms with Gasteiger partial charge in [-0.25, -0.2) is 4.79 Å². The van der Waals surface area contributed by atoms with E-state index in [9.17, 15) is 9.59 Å². The van der Waals surface area contributed by atoms with Gasteiger partial charge in [-0.3, -0.25) is 4.79 Å². The standard InChI is InChI=1S/C16H31NO3/c1-5-7-8-9-10-11-15(18)17-14(12-13(3)4)16(19)20-6-2/h13-14H,5-12H2,1-4H3,(H,17,18)/t14-/m0/s1. The van der Waals surface area contributed by atoms with E-state index in [1.54, 1.807) is 6.92 Å². The van der Waals surface area contributed by atoms with Gasteiger partial charge in [0.25, 0.3) is 0 Å². The van der Waals surface area contributed by atoms with Crippen LogP contribution in [0.1, 0.15) is 72.6 Å². The number of carbonyl (C=O) groups is 2. The van der Waals surface area contributed by atoms with Gasteiger partial charge in [-0.1, -0.05) is 46.5 Å². The van der Waals surface area contributed by atoms with Gasteiger partial charge in [0, 0.05) is 6.42 Å². The smallest absolute Gasteiger partial charge is 0.328 e. The van der Waals surface area contributed by atoms with E-state index >= 15 is 0 Å². The summed E-state index contributed by atoms with van der Waals surface area (Å²) in [5.41, 5.74) is 0. The minimum Gasteiger partial charge on any atom is -0.464 e. The van der Waals surface area contributed by atoms with E-state index in [4.69, 9.17) is 4.74 Å². The van der Waals surface area contributed by atoms with Crippen LogP contribution >= 0.6 is 0 Å². The van der Waals surface area contributed by atoms with Crippen molar-refractivity contribution in [2.45, 2.75) is 78.7 Å². The first-order valence-electron chi connectivity index (χ1n) is 7.97. The van der Waals surface area contributed by atoms with Gasteiger partial charge >= 0.3 is 5.97 Å². The maximum atomic E-state index is 11.9. The van der Waals surface area contributed by atoms with Crippen molar-refractivity contribution in [3.8, 4) is 0 Å². The third-order valence-corrected chi connectivity index (χ3v) is 3.12. The number of hydrogen-bond donors (Lipinski definition) is 1. The molecule has 1 N–H and O–H groups in total. The molecule has 0 aromatic heterocycles. The Morgan fingerprint density at radius 3 is 2.25 bits per heavy atom. The topological polar surface area (TPSA) is 55.4 Å². The summed E-state index contributed by atoms with van der Waals surface area (Å²) in [5, 5.41) is 2.81. The van der Waals surface area contributed by atoms with Crippen molar-refractivity contribution in [3.63, 3.8) is 0 Å². The van der Waals surface area contributed by atoms with E-state index in [1.807, 2.05) is 13.8 Å². The van der Waals surface area contributed by atoms with Crippen LogP contribution in [0.15, 0.2) is 0 Å². The Labute approximate surface area is 123 Å². The number of carbonyl (C=O) groups excluding carboxylic acids is 2. The Morgan fingerprint density at radius 2 is 1.70 bits per heavy atom. The van der Waals surface area contributed by atoms with Gasteiger partial charge in [0.1, 0.15) is 6.04 Å². The summed E-state index contributed by atoms with van der Waals surface area (Å²) in [6.45, 7) is 8.36. The van der Waals surface area contributed by atoms with Crippen LogP contribution in [0, 0.1) is 5.92 Å². The summed E-state index contributed by atoms with van der Waals surface area (Å²) < 4.78 is 5.01. The van der Waals surface area contributed by atoms with Crippen molar-refractivity contribution in [2.24, 2.45) is 5.92 Å². The average molecular weight is 285 g/mol. The average Bonchev–Trinajstić information content (AvgIpc) is 2.37. The van der Waals surface area contributed by atoms with Crippen molar-refractivity contribution in [1.82, 2.24) is 5.32 Å². The maximum absolute atomic E-state index is 11.9. The molecule has 118 valence electrons. The molecule has 0 spiro atoms. The first kappa shape index (κ1) is 18.9. The van der Waals surface area contributed by atoms with Gasteiger partial charge in [0.05, 0.1) is 6.61 Å². The van der Waals surface area contributed by atoms with Gasteiger partial charge in [-0.15, -0.1) is 0 Å². The van der Waals surface area contributed by atoms with Crippen molar-refractivity contribution in [3.05, 3.63) is 0 Å². The molecule has 1 amide bonds. The summed E-state index contributed by atoms with van der Waals surface area (Å²) in [6.07, 6.45) is 6.69. The highest BCUT2D eigenvalue weighted by Gasteiger charge is 2.22. The quantitative estimate of drug-likeness (QED) is 0.467. The van der Waals surface area contributed by atoms with Crippen LogP contribution < -0.4 is 5.32 Å². The van der Waals surface area contributed by atoms with E-state index in [0.717, 1.165) is 12.8 Å². The van der Waals surface area contributed by atoms with Crippen molar-refractivity contribution in [2.75, 3.05) is 6.61 Å². The zero-order valence-electron chi connectivity index (χ0n) is 13.5. The predicted molar refractivity (Wildman–Crippen MR) is 81.4 cm³/mol. The Hall–Kier alpha value is -1.06. The fourth-order valence-corrected chi connectivity index (χ4v) is 2.08. The van der Waals surface area contributed by atoms with E-state index in [-0.39, 0.29) is 11.9 Å². The number of amides is 1. The second-order valence-corrected chi connectivity index (χ2v) is 5.67. The van der Waals surface area contributed by atoms with Gasteiger partial charge in [-0.2, -0.15) is 0 Å².